The highest BCUT2D eigenvalue weighted by atomic mass is 16.4. The number of anilines is 1. The fourth-order valence-corrected chi connectivity index (χ4v) is 2.61. The molecule has 23 heavy (non-hydrogen) atoms. The number of nitrogens with one attached hydrogen (secondary N) is 2. The van der Waals surface area contributed by atoms with E-state index in [1.165, 1.54) is 18.3 Å². The quantitative estimate of drug-likeness (QED) is 0.771. The van der Waals surface area contributed by atoms with Gasteiger partial charge in [-0.15, -0.1) is 0 Å². The lowest BCUT2D eigenvalue weighted by molar-refractivity contribution is 0.0697. The van der Waals surface area contributed by atoms with Crippen LogP contribution in [0.3, 0.4) is 0 Å². The zero-order valence-electron chi connectivity index (χ0n) is 12.7. The highest BCUT2D eigenvalue weighted by Gasteiger charge is 2.13. The minimum absolute atomic E-state index is 0.192. The molecule has 0 atom stereocenters. The Labute approximate surface area is 134 Å². The van der Waals surface area contributed by atoms with Crippen molar-refractivity contribution in [2.24, 2.45) is 5.92 Å². The monoisotopic (exact) mass is 313 g/mol. The minimum atomic E-state index is -0.980. The van der Waals surface area contributed by atoms with E-state index in [1.54, 1.807) is 12.3 Å². The third kappa shape index (κ3) is 4.01. The Bertz CT molecular complexity index is 686. The van der Waals surface area contributed by atoms with Gasteiger partial charge in [0.25, 0.3) is 0 Å². The number of hydrogen-bond acceptors (Lipinski definition) is 6. The second-order valence-electron chi connectivity index (χ2n) is 5.57. The minimum Gasteiger partial charge on any atom is -0.478 e. The first-order valence-corrected chi connectivity index (χ1v) is 7.70. The molecule has 0 aromatic carbocycles. The first-order valence-electron chi connectivity index (χ1n) is 7.70. The van der Waals surface area contributed by atoms with Gasteiger partial charge in [0, 0.05) is 18.9 Å². The second kappa shape index (κ2) is 7.15. The number of rotatable bonds is 5. The van der Waals surface area contributed by atoms with Crippen LogP contribution in [0.5, 0.6) is 0 Å². The third-order valence-corrected chi connectivity index (χ3v) is 3.93. The molecule has 2 aromatic heterocycles. The molecule has 3 rings (SSSR count). The summed E-state index contributed by atoms with van der Waals surface area (Å²) in [6.45, 7) is 2.95. The van der Waals surface area contributed by atoms with Crippen LogP contribution in [-0.4, -0.2) is 45.7 Å². The van der Waals surface area contributed by atoms with Crippen molar-refractivity contribution in [3.8, 4) is 11.4 Å². The Morgan fingerprint density at radius 2 is 2.00 bits per heavy atom. The smallest absolute Gasteiger partial charge is 0.335 e. The molecule has 2 aromatic rings. The Kier molecular flexibility index (Phi) is 4.77. The SMILES string of the molecule is O=C(O)c1ccnc(-c2ccnc(NCC3CCNCC3)n2)c1. The maximum absolute atomic E-state index is 11.1. The van der Waals surface area contributed by atoms with E-state index in [4.69, 9.17) is 5.11 Å². The number of carboxylic acids is 1. The van der Waals surface area contributed by atoms with Crippen molar-refractivity contribution in [2.45, 2.75) is 12.8 Å². The normalized spacial score (nSPS) is 15.3. The molecule has 1 saturated heterocycles. The molecule has 0 radical (unpaired) electrons. The molecule has 1 aliphatic rings. The van der Waals surface area contributed by atoms with Gasteiger partial charge in [0.05, 0.1) is 17.0 Å². The third-order valence-electron chi connectivity index (χ3n) is 3.93. The predicted octanol–water partition coefficient (Wildman–Crippen LogP) is 1.65. The lowest BCUT2D eigenvalue weighted by atomic mass is 9.98. The summed E-state index contributed by atoms with van der Waals surface area (Å²) in [6.07, 6.45) is 5.43. The summed E-state index contributed by atoms with van der Waals surface area (Å²) in [5.74, 6) is 0.187. The van der Waals surface area contributed by atoms with Crippen LogP contribution in [-0.2, 0) is 0 Å². The van der Waals surface area contributed by atoms with E-state index in [9.17, 15) is 4.79 Å². The highest BCUT2D eigenvalue weighted by Crippen LogP contribution is 2.17. The van der Waals surface area contributed by atoms with Crippen molar-refractivity contribution >= 4 is 11.9 Å². The maximum atomic E-state index is 11.1. The average Bonchev–Trinajstić information content (AvgIpc) is 2.61. The summed E-state index contributed by atoms with van der Waals surface area (Å²) in [6, 6.07) is 4.70. The summed E-state index contributed by atoms with van der Waals surface area (Å²) < 4.78 is 0. The Balaban J connectivity index is 1.71. The Hall–Kier alpha value is -2.54. The summed E-state index contributed by atoms with van der Waals surface area (Å²) >= 11 is 0. The fraction of sp³-hybridized carbons (Fsp3) is 0.375. The fourth-order valence-electron chi connectivity index (χ4n) is 2.61. The van der Waals surface area contributed by atoms with Gasteiger partial charge in [-0.1, -0.05) is 0 Å². The van der Waals surface area contributed by atoms with Gasteiger partial charge in [0.15, 0.2) is 0 Å². The largest absolute Gasteiger partial charge is 0.478 e. The zero-order valence-corrected chi connectivity index (χ0v) is 12.7. The molecule has 1 aliphatic heterocycles. The molecule has 1 fully saturated rings. The average molecular weight is 313 g/mol. The molecule has 0 spiro atoms. The number of carbonyl (C=O) groups is 1. The Morgan fingerprint density at radius 3 is 2.78 bits per heavy atom. The second-order valence-corrected chi connectivity index (χ2v) is 5.57. The van der Waals surface area contributed by atoms with Crippen LogP contribution >= 0.6 is 0 Å². The molecular formula is C16H19N5O2. The van der Waals surface area contributed by atoms with Crippen LogP contribution in [0, 0.1) is 5.92 Å². The topological polar surface area (TPSA) is 100 Å². The van der Waals surface area contributed by atoms with E-state index < -0.39 is 5.97 Å². The molecule has 3 N–H and O–H groups in total. The molecule has 120 valence electrons. The van der Waals surface area contributed by atoms with Crippen molar-refractivity contribution in [1.29, 1.82) is 0 Å². The van der Waals surface area contributed by atoms with E-state index in [-0.39, 0.29) is 5.56 Å². The number of aromatic nitrogens is 3. The molecular weight excluding hydrogens is 294 g/mol. The van der Waals surface area contributed by atoms with E-state index in [1.807, 2.05) is 0 Å². The van der Waals surface area contributed by atoms with Crippen LogP contribution in [0.4, 0.5) is 5.95 Å². The molecule has 0 amide bonds. The van der Waals surface area contributed by atoms with E-state index >= 15 is 0 Å². The summed E-state index contributed by atoms with van der Waals surface area (Å²) in [4.78, 5) is 23.9. The first kappa shape index (κ1) is 15.4. The number of piperidine rings is 1. The summed E-state index contributed by atoms with van der Waals surface area (Å²) in [5.41, 5.74) is 1.32. The van der Waals surface area contributed by atoms with Gasteiger partial charge in [-0.05, 0) is 50.0 Å². The molecule has 0 bridgehead atoms. The summed E-state index contributed by atoms with van der Waals surface area (Å²) in [7, 11) is 0. The van der Waals surface area contributed by atoms with Crippen LogP contribution in [0.2, 0.25) is 0 Å². The molecule has 3 heterocycles. The number of hydrogen-bond donors (Lipinski definition) is 3. The number of aromatic carboxylic acids is 1. The summed E-state index contributed by atoms with van der Waals surface area (Å²) in [5, 5.41) is 15.7. The van der Waals surface area contributed by atoms with Gasteiger partial charge in [-0.25, -0.2) is 14.8 Å². The zero-order chi connectivity index (χ0) is 16.1. The predicted molar refractivity (Wildman–Crippen MR) is 86.3 cm³/mol. The van der Waals surface area contributed by atoms with E-state index in [0.717, 1.165) is 32.5 Å². The maximum Gasteiger partial charge on any atom is 0.335 e. The van der Waals surface area contributed by atoms with Gasteiger partial charge < -0.3 is 15.7 Å². The van der Waals surface area contributed by atoms with Crippen LogP contribution < -0.4 is 10.6 Å². The number of nitrogens with zero attached hydrogens (tertiary/aromatic N) is 3. The van der Waals surface area contributed by atoms with Gasteiger partial charge in [-0.3, -0.25) is 4.98 Å². The van der Waals surface area contributed by atoms with Crippen molar-refractivity contribution < 1.29 is 9.90 Å². The van der Waals surface area contributed by atoms with Crippen molar-refractivity contribution in [3.05, 3.63) is 36.2 Å². The molecule has 0 aliphatic carbocycles. The van der Waals surface area contributed by atoms with E-state index in [2.05, 4.69) is 25.6 Å². The van der Waals surface area contributed by atoms with Gasteiger partial charge in [0.2, 0.25) is 5.95 Å². The van der Waals surface area contributed by atoms with Gasteiger partial charge >= 0.3 is 5.97 Å². The molecule has 7 heteroatoms. The Morgan fingerprint density at radius 1 is 1.22 bits per heavy atom. The van der Waals surface area contributed by atoms with Crippen molar-refractivity contribution in [1.82, 2.24) is 20.3 Å². The van der Waals surface area contributed by atoms with Gasteiger partial charge in [0.1, 0.15) is 0 Å². The molecule has 0 unspecified atom stereocenters. The van der Waals surface area contributed by atoms with Crippen LogP contribution in [0.25, 0.3) is 11.4 Å². The first-order chi connectivity index (χ1) is 11.2. The number of carboxylic acid groups (broad SMARTS) is 1. The van der Waals surface area contributed by atoms with Crippen molar-refractivity contribution in [2.75, 3.05) is 25.0 Å². The lowest BCUT2D eigenvalue weighted by Gasteiger charge is -2.22. The lowest BCUT2D eigenvalue weighted by Crippen LogP contribution is -2.31. The van der Waals surface area contributed by atoms with E-state index in [0.29, 0.717) is 23.3 Å². The van der Waals surface area contributed by atoms with Gasteiger partial charge in [-0.2, -0.15) is 0 Å². The van der Waals surface area contributed by atoms with Crippen LogP contribution in [0.15, 0.2) is 30.6 Å². The van der Waals surface area contributed by atoms with Crippen molar-refractivity contribution in [3.63, 3.8) is 0 Å². The van der Waals surface area contributed by atoms with Crippen LogP contribution in [0.1, 0.15) is 23.2 Å². The molecule has 0 saturated carbocycles. The standard InChI is InChI=1S/C16H19N5O2/c22-15(23)12-3-7-18-14(9-12)13-4-8-19-16(21-13)20-10-11-1-5-17-6-2-11/h3-4,7-9,11,17H,1-2,5-6,10H2,(H,22,23)(H,19,20,21). The molecule has 7 nitrogen and oxygen atoms in total. The highest BCUT2D eigenvalue weighted by molar-refractivity contribution is 5.88. The number of pyridine rings is 1.